The number of rotatable bonds is 6. The molecule has 2 fully saturated rings. The predicted molar refractivity (Wildman–Crippen MR) is 111 cm³/mol. The van der Waals surface area contributed by atoms with E-state index in [1.165, 1.54) is 6.26 Å². The van der Waals surface area contributed by atoms with Crippen LogP contribution in [0.5, 0.6) is 0 Å². The van der Waals surface area contributed by atoms with Gasteiger partial charge in [-0.05, 0) is 62.8 Å². The summed E-state index contributed by atoms with van der Waals surface area (Å²) in [5.74, 6) is -0.221. The van der Waals surface area contributed by atoms with E-state index in [1.54, 1.807) is 23.1 Å². The standard InChI is InChI=1S/C23H27N3O4/c1-15-4-2-5-17(14-15)21(27)25-20(22(28)24-18-7-8-18)16-9-11-26(12-10-16)23(29)19-6-3-13-30-19/h2-6,13-14,16,18,20H,7-12H2,1H3,(H,24,28)(H,25,27). The highest BCUT2D eigenvalue weighted by Gasteiger charge is 2.36. The van der Waals surface area contributed by atoms with Crippen LogP contribution in [0.2, 0.25) is 0 Å². The Hall–Kier alpha value is -3.09. The molecule has 1 atom stereocenters. The molecule has 7 heteroatoms. The minimum absolute atomic E-state index is 0.0295. The summed E-state index contributed by atoms with van der Waals surface area (Å²) in [6.07, 6.45) is 4.74. The molecular weight excluding hydrogens is 382 g/mol. The van der Waals surface area contributed by atoms with E-state index in [-0.39, 0.29) is 29.7 Å². The minimum atomic E-state index is -0.612. The van der Waals surface area contributed by atoms with Gasteiger partial charge in [-0.3, -0.25) is 14.4 Å². The third-order valence-electron chi connectivity index (χ3n) is 5.80. The zero-order valence-corrected chi connectivity index (χ0v) is 17.1. The summed E-state index contributed by atoms with van der Waals surface area (Å²) >= 11 is 0. The highest BCUT2D eigenvalue weighted by atomic mass is 16.3. The molecule has 2 aromatic rings. The number of piperidine rings is 1. The molecule has 0 spiro atoms. The van der Waals surface area contributed by atoms with Gasteiger partial charge in [0.2, 0.25) is 5.91 Å². The second kappa shape index (κ2) is 8.73. The Morgan fingerprint density at radius 3 is 2.47 bits per heavy atom. The average Bonchev–Trinajstić information content (AvgIpc) is 3.39. The van der Waals surface area contributed by atoms with Crippen LogP contribution in [0, 0.1) is 12.8 Å². The number of aryl methyl sites for hydroxylation is 1. The van der Waals surface area contributed by atoms with Crippen LogP contribution in [-0.4, -0.2) is 47.8 Å². The third kappa shape index (κ3) is 4.72. The molecule has 1 aromatic heterocycles. The predicted octanol–water partition coefficient (Wildman–Crippen LogP) is 2.52. The lowest BCUT2D eigenvalue weighted by molar-refractivity contribution is -0.124. The fourth-order valence-corrected chi connectivity index (χ4v) is 3.92. The molecule has 3 amide bonds. The Morgan fingerprint density at radius 1 is 1.07 bits per heavy atom. The lowest BCUT2D eigenvalue weighted by Gasteiger charge is -2.35. The van der Waals surface area contributed by atoms with E-state index in [9.17, 15) is 14.4 Å². The van der Waals surface area contributed by atoms with Crippen LogP contribution in [0.3, 0.4) is 0 Å². The van der Waals surface area contributed by atoms with Crippen molar-refractivity contribution in [3.8, 4) is 0 Å². The number of carbonyl (C=O) groups excluding carboxylic acids is 3. The third-order valence-corrected chi connectivity index (χ3v) is 5.80. The molecule has 158 valence electrons. The van der Waals surface area contributed by atoms with Gasteiger partial charge in [-0.15, -0.1) is 0 Å². The fourth-order valence-electron chi connectivity index (χ4n) is 3.92. The van der Waals surface area contributed by atoms with E-state index in [0.717, 1.165) is 18.4 Å². The summed E-state index contributed by atoms with van der Waals surface area (Å²) in [6, 6.07) is 10.3. The molecule has 0 bridgehead atoms. The average molecular weight is 409 g/mol. The second-order valence-electron chi connectivity index (χ2n) is 8.21. The molecule has 2 aliphatic rings. The zero-order valence-electron chi connectivity index (χ0n) is 17.1. The summed E-state index contributed by atoms with van der Waals surface area (Å²) in [4.78, 5) is 40.0. The fraction of sp³-hybridized carbons (Fsp3) is 0.435. The first-order valence-corrected chi connectivity index (χ1v) is 10.5. The molecule has 1 saturated heterocycles. The van der Waals surface area contributed by atoms with Crippen molar-refractivity contribution < 1.29 is 18.8 Å². The first kappa shape index (κ1) is 20.2. The van der Waals surface area contributed by atoms with Crippen molar-refractivity contribution in [2.45, 2.75) is 44.7 Å². The smallest absolute Gasteiger partial charge is 0.289 e. The van der Waals surface area contributed by atoms with Gasteiger partial charge in [0.25, 0.3) is 11.8 Å². The summed E-state index contributed by atoms with van der Waals surface area (Å²) < 4.78 is 5.21. The Kier molecular flexibility index (Phi) is 5.88. The van der Waals surface area contributed by atoms with E-state index in [4.69, 9.17) is 4.42 Å². The lowest BCUT2D eigenvalue weighted by Crippen LogP contribution is -2.54. The molecule has 1 aromatic carbocycles. The molecule has 1 aliphatic heterocycles. The number of furan rings is 1. The quantitative estimate of drug-likeness (QED) is 0.767. The van der Waals surface area contributed by atoms with Gasteiger partial charge in [0, 0.05) is 24.7 Å². The van der Waals surface area contributed by atoms with Gasteiger partial charge in [-0.25, -0.2) is 0 Å². The summed E-state index contributed by atoms with van der Waals surface area (Å²) in [5, 5.41) is 5.99. The van der Waals surface area contributed by atoms with Crippen LogP contribution in [0.1, 0.15) is 52.2 Å². The molecular formula is C23H27N3O4. The molecule has 2 N–H and O–H groups in total. The normalized spacial score (nSPS) is 18.0. The number of amides is 3. The maximum Gasteiger partial charge on any atom is 0.289 e. The number of benzene rings is 1. The van der Waals surface area contributed by atoms with Crippen LogP contribution >= 0.6 is 0 Å². The van der Waals surface area contributed by atoms with E-state index in [2.05, 4.69) is 10.6 Å². The largest absolute Gasteiger partial charge is 0.459 e. The van der Waals surface area contributed by atoms with Crippen molar-refractivity contribution in [1.82, 2.24) is 15.5 Å². The molecule has 2 heterocycles. The second-order valence-corrected chi connectivity index (χ2v) is 8.21. The monoisotopic (exact) mass is 409 g/mol. The number of nitrogens with zero attached hydrogens (tertiary/aromatic N) is 1. The molecule has 4 rings (SSSR count). The molecule has 1 unspecified atom stereocenters. The van der Waals surface area contributed by atoms with Gasteiger partial charge < -0.3 is 20.0 Å². The Balaban J connectivity index is 1.43. The highest BCUT2D eigenvalue weighted by Crippen LogP contribution is 2.25. The summed E-state index contributed by atoms with van der Waals surface area (Å²) in [6.45, 7) is 2.98. The van der Waals surface area contributed by atoms with E-state index >= 15 is 0 Å². The first-order chi connectivity index (χ1) is 14.5. The van der Waals surface area contributed by atoms with Crippen molar-refractivity contribution in [2.24, 2.45) is 5.92 Å². The van der Waals surface area contributed by atoms with Gasteiger partial charge >= 0.3 is 0 Å². The molecule has 0 radical (unpaired) electrons. The van der Waals surface area contributed by atoms with Gasteiger partial charge in [-0.1, -0.05) is 17.7 Å². The van der Waals surface area contributed by atoms with Crippen molar-refractivity contribution in [1.29, 1.82) is 0 Å². The van der Waals surface area contributed by atoms with Crippen molar-refractivity contribution in [2.75, 3.05) is 13.1 Å². The molecule has 30 heavy (non-hydrogen) atoms. The van der Waals surface area contributed by atoms with Crippen molar-refractivity contribution in [3.63, 3.8) is 0 Å². The number of hydrogen-bond donors (Lipinski definition) is 2. The number of nitrogens with one attached hydrogen (secondary N) is 2. The highest BCUT2D eigenvalue weighted by molar-refractivity contribution is 5.98. The number of carbonyl (C=O) groups is 3. The van der Waals surface area contributed by atoms with Crippen molar-refractivity contribution >= 4 is 17.7 Å². The first-order valence-electron chi connectivity index (χ1n) is 10.5. The maximum atomic E-state index is 12.9. The van der Waals surface area contributed by atoms with E-state index in [0.29, 0.717) is 37.3 Å². The summed E-state index contributed by atoms with van der Waals surface area (Å²) in [7, 11) is 0. The van der Waals surface area contributed by atoms with Crippen LogP contribution < -0.4 is 10.6 Å². The Morgan fingerprint density at radius 2 is 1.83 bits per heavy atom. The topological polar surface area (TPSA) is 91.7 Å². The van der Waals surface area contributed by atoms with Crippen LogP contribution in [-0.2, 0) is 4.79 Å². The zero-order chi connectivity index (χ0) is 21.1. The van der Waals surface area contributed by atoms with Gasteiger partial charge in [0.15, 0.2) is 5.76 Å². The maximum absolute atomic E-state index is 12.9. The number of hydrogen-bond acceptors (Lipinski definition) is 4. The van der Waals surface area contributed by atoms with Gasteiger partial charge in [0.1, 0.15) is 6.04 Å². The molecule has 1 saturated carbocycles. The van der Waals surface area contributed by atoms with E-state index < -0.39 is 6.04 Å². The van der Waals surface area contributed by atoms with Crippen LogP contribution in [0.25, 0.3) is 0 Å². The number of likely N-dealkylation sites (tertiary alicyclic amines) is 1. The van der Waals surface area contributed by atoms with Gasteiger partial charge in [-0.2, -0.15) is 0 Å². The Labute approximate surface area is 175 Å². The molecule has 7 nitrogen and oxygen atoms in total. The van der Waals surface area contributed by atoms with Crippen LogP contribution in [0.15, 0.2) is 47.1 Å². The summed E-state index contributed by atoms with van der Waals surface area (Å²) in [5.41, 5.74) is 1.54. The SMILES string of the molecule is Cc1cccc(C(=O)NC(C(=O)NC2CC2)C2CCN(C(=O)c3ccco3)CC2)c1. The Bertz CT molecular complexity index is 912. The lowest BCUT2D eigenvalue weighted by atomic mass is 9.88. The van der Waals surface area contributed by atoms with E-state index in [1.807, 2.05) is 25.1 Å². The minimum Gasteiger partial charge on any atom is -0.459 e. The van der Waals surface area contributed by atoms with Crippen LogP contribution in [0.4, 0.5) is 0 Å². The van der Waals surface area contributed by atoms with Gasteiger partial charge in [0.05, 0.1) is 6.26 Å². The molecule has 1 aliphatic carbocycles. The van der Waals surface area contributed by atoms with Crippen molar-refractivity contribution in [3.05, 3.63) is 59.5 Å².